The molecule has 9 aromatic rings. The summed E-state index contributed by atoms with van der Waals surface area (Å²) in [6, 6.07) is 85.8. The molecule has 7 aromatic carbocycles. The van der Waals surface area contributed by atoms with Gasteiger partial charge in [-0.15, -0.1) is 0 Å². The molecule has 4 nitrogen and oxygen atoms in total. The van der Waals surface area contributed by atoms with Crippen molar-refractivity contribution in [3.8, 4) is 0 Å². The summed E-state index contributed by atoms with van der Waals surface area (Å²) < 4.78 is 5.13. The first-order valence-corrected chi connectivity index (χ1v) is 23.8. The lowest BCUT2D eigenvalue weighted by Gasteiger charge is -2.32. The quantitative estimate of drug-likeness (QED) is 0.149. The number of hydrogen-bond donors (Lipinski definition) is 0. The molecule has 0 radical (unpaired) electrons. The van der Waals surface area contributed by atoms with E-state index in [0.29, 0.717) is 6.54 Å². The minimum atomic E-state index is -0.179. The number of nitrogens with zero attached hydrogens (tertiary/aromatic N) is 4. The van der Waals surface area contributed by atoms with Gasteiger partial charge in [-0.05, 0) is 70.3 Å². The summed E-state index contributed by atoms with van der Waals surface area (Å²) >= 11 is 0. The van der Waals surface area contributed by atoms with E-state index in [9.17, 15) is 0 Å². The average Bonchev–Trinajstić information content (AvgIpc) is 4.23. The van der Waals surface area contributed by atoms with Gasteiger partial charge in [-0.3, -0.25) is 0 Å². The number of allylic oxidation sites excluding steroid dienone is 4. The van der Waals surface area contributed by atoms with Gasteiger partial charge >= 0.3 is 0 Å². The van der Waals surface area contributed by atoms with E-state index in [0.717, 1.165) is 101 Å². The zero-order valence-electron chi connectivity index (χ0n) is 37.9. The lowest BCUT2D eigenvalue weighted by molar-refractivity contribution is 0.355. The van der Waals surface area contributed by atoms with Gasteiger partial charge in [0.2, 0.25) is 0 Å². The van der Waals surface area contributed by atoms with Crippen molar-refractivity contribution in [1.29, 1.82) is 0 Å². The van der Waals surface area contributed by atoms with E-state index in [1.807, 2.05) is 0 Å². The SMILES string of the molecule is C1=CC2=C(c3ccccc3)c3ccc4n3C(c3ccccc3)=C(c3ccccc3)n3c(cc/c3=C(\c3ccccc3)C3C=C/C(=C(\c5ccccc5)C1=N2)N3Cc1ccccc1)=C4c1ccccc1. The van der Waals surface area contributed by atoms with Crippen LogP contribution in [0.1, 0.15) is 50.3 Å². The number of benzene rings is 7. The monoisotopic (exact) mass is 882 g/mol. The van der Waals surface area contributed by atoms with Crippen LogP contribution in [0.15, 0.2) is 277 Å². The molecular formula is C65H46N4. The molecule has 13 rings (SSSR count). The van der Waals surface area contributed by atoms with E-state index in [1.54, 1.807) is 0 Å². The summed E-state index contributed by atoms with van der Waals surface area (Å²) in [6.07, 6.45) is 9.24. The Labute approximate surface area is 402 Å². The third-order valence-corrected chi connectivity index (χ3v) is 13.8. The van der Waals surface area contributed by atoms with Crippen LogP contribution in [-0.4, -0.2) is 25.8 Å². The van der Waals surface area contributed by atoms with Crippen LogP contribution < -0.4 is 10.7 Å². The van der Waals surface area contributed by atoms with Crippen molar-refractivity contribution >= 4 is 39.4 Å². The predicted molar refractivity (Wildman–Crippen MR) is 283 cm³/mol. The molecule has 0 fully saturated rings. The third kappa shape index (κ3) is 6.88. The van der Waals surface area contributed by atoms with Crippen LogP contribution in [0, 0.1) is 0 Å². The lowest BCUT2D eigenvalue weighted by atomic mass is 9.95. The molecule has 0 amide bonds. The summed E-state index contributed by atoms with van der Waals surface area (Å²) in [4.78, 5) is 8.39. The molecule has 0 saturated carbocycles. The first-order chi connectivity index (χ1) is 34.3. The smallest absolute Gasteiger partial charge is 0.0782 e. The van der Waals surface area contributed by atoms with Crippen LogP contribution in [0.4, 0.5) is 0 Å². The minimum Gasteiger partial charge on any atom is -0.356 e. The second-order valence-corrected chi connectivity index (χ2v) is 17.8. The van der Waals surface area contributed by atoms with Crippen molar-refractivity contribution in [2.75, 3.05) is 0 Å². The van der Waals surface area contributed by atoms with Crippen molar-refractivity contribution in [1.82, 2.24) is 14.0 Å². The summed E-state index contributed by atoms with van der Waals surface area (Å²) in [7, 11) is 0. The van der Waals surface area contributed by atoms with Crippen LogP contribution in [0.3, 0.4) is 0 Å². The van der Waals surface area contributed by atoms with Gasteiger partial charge in [0.25, 0.3) is 0 Å². The highest BCUT2D eigenvalue weighted by Crippen LogP contribution is 2.43. The molecule has 326 valence electrons. The van der Waals surface area contributed by atoms with Gasteiger partial charge in [-0.1, -0.05) is 218 Å². The van der Waals surface area contributed by atoms with Crippen molar-refractivity contribution in [2.45, 2.75) is 12.6 Å². The number of fused-ring (bicyclic) bond motifs is 3. The van der Waals surface area contributed by atoms with Gasteiger partial charge in [-0.2, -0.15) is 0 Å². The number of hydrogen-bond acceptors (Lipinski definition) is 2. The standard InChI is InChI=1S/C65H46N4/c1-8-22-45(23-9-1)44-67-54-38-39-55(67)62(48-28-14-4-15-29-48)57-42-43-59-63(49-30-16-5-17-31-49)58-41-40-56(68(58)64(50-32-18-6-19-33-50)65(69(57)59)51-34-20-7-21-35-51)61(47-26-12-3-13-27-47)53-37-36-52(66-53)60(54)46-24-10-2-11-25-46/h1-43,55H,44H2/b60-54-,61-53?,62-57-. The summed E-state index contributed by atoms with van der Waals surface area (Å²) in [5.41, 5.74) is 19.7. The first-order valence-electron chi connectivity index (χ1n) is 23.8. The van der Waals surface area contributed by atoms with Gasteiger partial charge < -0.3 is 14.0 Å². The molecule has 0 saturated heterocycles. The topological polar surface area (TPSA) is 25.5 Å². The number of rotatable bonds is 8. The van der Waals surface area contributed by atoms with Crippen molar-refractivity contribution in [2.24, 2.45) is 4.99 Å². The van der Waals surface area contributed by atoms with E-state index in [-0.39, 0.29) is 6.04 Å². The Hall–Kier alpha value is -8.99. The highest BCUT2D eigenvalue weighted by atomic mass is 15.2. The average molecular weight is 883 g/mol. The fraction of sp³-hybridized carbons (Fsp3) is 0.0308. The highest BCUT2D eigenvalue weighted by Gasteiger charge is 2.35. The third-order valence-electron chi connectivity index (χ3n) is 13.8. The van der Waals surface area contributed by atoms with Gasteiger partial charge in [0.15, 0.2) is 0 Å². The largest absolute Gasteiger partial charge is 0.356 e. The Morgan fingerprint density at radius 2 is 0.812 bits per heavy atom. The molecule has 1 atom stereocenters. The molecule has 1 unspecified atom stereocenters. The van der Waals surface area contributed by atoms with Crippen LogP contribution >= 0.6 is 0 Å². The molecule has 6 heterocycles. The Morgan fingerprint density at radius 1 is 0.362 bits per heavy atom. The second kappa shape index (κ2) is 17.0. The normalized spacial score (nSPS) is 17.9. The van der Waals surface area contributed by atoms with Gasteiger partial charge in [-0.25, -0.2) is 4.99 Å². The Morgan fingerprint density at radius 3 is 1.38 bits per heavy atom. The number of aliphatic imine (C=N–C) groups is 1. The number of aromatic nitrogens is 2. The van der Waals surface area contributed by atoms with E-state index in [1.165, 1.54) is 11.1 Å². The van der Waals surface area contributed by atoms with Crippen LogP contribution in [0.25, 0.3) is 33.7 Å². The van der Waals surface area contributed by atoms with Crippen molar-refractivity contribution in [3.05, 3.63) is 333 Å². The molecule has 4 aliphatic heterocycles. The second-order valence-electron chi connectivity index (χ2n) is 17.8. The lowest BCUT2D eigenvalue weighted by Crippen LogP contribution is -2.37. The van der Waals surface area contributed by atoms with E-state index >= 15 is 0 Å². The maximum absolute atomic E-state index is 5.78. The molecule has 4 heteroatoms. The van der Waals surface area contributed by atoms with E-state index in [4.69, 9.17) is 4.99 Å². The maximum atomic E-state index is 5.78. The van der Waals surface area contributed by atoms with Gasteiger partial charge in [0.05, 0.1) is 50.9 Å². The zero-order valence-corrected chi connectivity index (χ0v) is 37.9. The Bertz CT molecular complexity index is 3740. The van der Waals surface area contributed by atoms with Crippen LogP contribution in [0.5, 0.6) is 0 Å². The zero-order chi connectivity index (χ0) is 45.7. The molecule has 0 spiro atoms. The molecule has 69 heavy (non-hydrogen) atoms. The van der Waals surface area contributed by atoms with Gasteiger partial charge in [0.1, 0.15) is 0 Å². The van der Waals surface area contributed by atoms with Gasteiger partial charge in [0, 0.05) is 45.7 Å². The summed E-state index contributed by atoms with van der Waals surface area (Å²) in [5.74, 6) is 0. The first kappa shape index (κ1) is 40.3. The Balaban J connectivity index is 1.30. The molecule has 2 aromatic heterocycles. The summed E-state index contributed by atoms with van der Waals surface area (Å²) in [5, 5.41) is 2.23. The molecule has 0 N–H and O–H groups in total. The highest BCUT2D eigenvalue weighted by molar-refractivity contribution is 6.32. The molecule has 0 aliphatic carbocycles. The fourth-order valence-corrected chi connectivity index (χ4v) is 10.9. The molecule has 4 aliphatic rings. The van der Waals surface area contributed by atoms with Crippen molar-refractivity contribution in [3.63, 3.8) is 0 Å². The fourth-order valence-electron chi connectivity index (χ4n) is 10.9. The van der Waals surface area contributed by atoms with Crippen LogP contribution in [-0.2, 0) is 6.54 Å². The molecular weight excluding hydrogens is 837 g/mol. The van der Waals surface area contributed by atoms with Crippen molar-refractivity contribution < 1.29 is 0 Å². The van der Waals surface area contributed by atoms with Crippen LogP contribution in [0.2, 0.25) is 0 Å². The predicted octanol–water partition coefficient (Wildman–Crippen LogP) is 12.6. The minimum absolute atomic E-state index is 0.179. The van der Waals surface area contributed by atoms with E-state index < -0.39 is 0 Å². The molecule has 6 bridgehead atoms. The Kier molecular flexibility index (Phi) is 9.94. The maximum Gasteiger partial charge on any atom is 0.0782 e. The van der Waals surface area contributed by atoms with E-state index in [2.05, 4.69) is 275 Å². The summed E-state index contributed by atoms with van der Waals surface area (Å²) in [6.45, 7) is 0.675.